The van der Waals surface area contributed by atoms with E-state index in [0.717, 1.165) is 12.0 Å². The highest BCUT2D eigenvalue weighted by Gasteiger charge is 2.42. The van der Waals surface area contributed by atoms with E-state index in [-0.39, 0.29) is 30.1 Å². The van der Waals surface area contributed by atoms with Gasteiger partial charge in [0.25, 0.3) is 0 Å². The van der Waals surface area contributed by atoms with Crippen molar-refractivity contribution in [1.82, 2.24) is 20.9 Å². The molecule has 0 spiro atoms. The van der Waals surface area contributed by atoms with Gasteiger partial charge in [0.05, 0.1) is 6.61 Å². The summed E-state index contributed by atoms with van der Waals surface area (Å²) in [5.41, 5.74) is -0.429. The number of nitrogens with one attached hydrogen (secondary N) is 3. The maximum atomic E-state index is 13.7. The Hall–Kier alpha value is -3.27. The molecule has 38 heavy (non-hydrogen) atoms. The number of rotatable bonds is 9. The summed E-state index contributed by atoms with van der Waals surface area (Å²) in [5, 5.41) is 8.48. The van der Waals surface area contributed by atoms with Crippen molar-refractivity contribution >= 4 is 29.4 Å². The molecule has 1 aromatic rings. The molecule has 3 heterocycles. The number of amides is 4. The summed E-state index contributed by atoms with van der Waals surface area (Å²) in [6.45, 7) is 4.08. The van der Waals surface area contributed by atoms with Gasteiger partial charge >= 0.3 is 0 Å². The molecule has 3 aliphatic rings. The van der Waals surface area contributed by atoms with Crippen LogP contribution < -0.4 is 16.0 Å². The second-order valence-corrected chi connectivity index (χ2v) is 11.0. The Morgan fingerprint density at radius 1 is 1.00 bits per heavy atom. The molecular formula is C28H38N4O6. The Kier molecular flexibility index (Phi) is 8.81. The monoisotopic (exact) mass is 526 g/mol. The Morgan fingerprint density at radius 3 is 2.45 bits per heavy atom. The predicted octanol–water partition coefficient (Wildman–Crippen LogP) is 1.02. The molecule has 10 nitrogen and oxygen atoms in total. The second kappa shape index (κ2) is 12.1. The van der Waals surface area contributed by atoms with Crippen LogP contribution in [0.2, 0.25) is 0 Å². The summed E-state index contributed by atoms with van der Waals surface area (Å²) in [4.78, 5) is 66.9. The normalized spacial score (nSPS) is 27.4. The largest absolute Gasteiger partial charge is 0.365 e. The lowest BCUT2D eigenvalue weighted by atomic mass is 9.98. The van der Waals surface area contributed by atoms with Crippen LogP contribution in [-0.2, 0) is 35.1 Å². The number of hydrogen-bond acceptors (Lipinski definition) is 6. The van der Waals surface area contributed by atoms with Crippen molar-refractivity contribution in [2.75, 3.05) is 13.2 Å². The fourth-order valence-corrected chi connectivity index (χ4v) is 5.10. The Balaban J connectivity index is 1.48. The first-order chi connectivity index (χ1) is 18.2. The van der Waals surface area contributed by atoms with Crippen molar-refractivity contribution in [1.29, 1.82) is 0 Å². The van der Waals surface area contributed by atoms with Gasteiger partial charge in [-0.3, -0.25) is 24.0 Å². The molecule has 4 rings (SSSR count). The predicted molar refractivity (Wildman–Crippen MR) is 139 cm³/mol. The van der Waals surface area contributed by atoms with Crippen LogP contribution in [0.1, 0.15) is 64.4 Å². The smallest absolute Gasteiger partial charge is 0.246 e. The SMILES string of the molecule is CC1(C)NC(=O)C(CCCCCC(=O)[C@H]2CO2)NC(=O)C2CCCN2C(=O)[C@@H](Cc2ccccc2)NC1=O. The lowest BCUT2D eigenvalue weighted by molar-refractivity contribution is -0.144. The standard InChI is InChI=1S/C28H38N4O6/c1-28(2)27(37)30-20(16-18-10-5-3-6-11-18)26(36)32-15-9-13-21(32)25(35)29-19(24(34)31-28)12-7-4-8-14-22(33)23-17-38-23/h3,5-6,10-11,19-21,23H,4,7-9,12-17H2,1-2H3,(H,29,35)(H,30,37)(H,31,34)/t19?,20-,21?,23-/m1/s1. The number of benzene rings is 1. The zero-order chi connectivity index (χ0) is 27.3. The molecular weight excluding hydrogens is 488 g/mol. The van der Waals surface area contributed by atoms with E-state index in [4.69, 9.17) is 4.74 Å². The topological polar surface area (TPSA) is 137 Å². The van der Waals surface area contributed by atoms with E-state index in [9.17, 15) is 24.0 Å². The third kappa shape index (κ3) is 6.98. The molecule has 3 N–H and O–H groups in total. The number of carbonyl (C=O) groups is 5. The summed E-state index contributed by atoms with van der Waals surface area (Å²) in [6.07, 6.45) is 4.01. The fourth-order valence-electron chi connectivity index (χ4n) is 5.10. The van der Waals surface area contributed by atoms with Gasteiger partial charge in [0, 0.05) is 19.4 Å². The van der Waals surface area contributed by atoms with E-state index in [0.29, 0.717) is 51.7 Å². The van der Waals surface area contributed by atoms with Gasteiger partial charge in [0.15, 0.2) is 5.78 Å². The number of hydrogen-bond donors (Lipinski definition) is 3. The molecule has 1 aromatic carbocycles. The van der Waals surface area contributed by atoms with Crippen LogP contribution in [0.25, 0.3) is 0 Å². The van der Waals surface area contributed by atoms with E-state index in [1.165, 1.54) is 0 Å². The third-order valence-electron chi connectivity index (χ3n) is 7.47. The fraction of sp³-hybridized carbons (Fsp3) is 0.607. The number of nitrogens with zero attached hydrogens (tertiary/aromatic N) is 1. The average molecular weight is 527 g/mol. The number of fused-ring (bicyclic) bond motifs is 1. The van der Waals surface area contributed by atoms with Crippen LogP contribution in [0.4, 0.5) is 0 Å². The minimum atomic E-state index is -1.31. The zero-order valence-corrected chi connectivity index (χ0v) is 22.2. The molecule has 0 aromatic heterocycles. The molecule has 2 unspecified atom stereocenters. The van der Waals surface area contributed by atoms with E-state index in [2.05, 4.69) is 16.0 Å². The van der Waals surface area contributed by atoms with Crippen molar-refractivity contribution in [2.24, 2.45) is 0 Å². The number of Topliss-reactive ketones (excluding diaryl/α,β-unsaturated/α-hetero) is 1. The summed E-state index contributed by atoms with van der Waals surface area (Å²) in [5.74, 6) is -1.48. The Labute approximate surface area is 223 Å². The van der Waals surface area contributed by atoms with Crippen LogP contribution in [-0.4, -0.2) is 77.2 Å². The molecule has 4 atom stereocenters. The summed E-state index contributed by atoms with van der Waals surface area (Å²) >= 11 is 0. The van der Waals surface area contributed by atoms with Gasteiger partial charge in [-0.15, -0.1) is 0 Å². The van der Waals surface area contributed by atoms with E-state index in [1.807, 2.05) is 30.3 Å². The molecule has 3 aliphatic heterocycles. The van der Waals surface area contributed by atoms with Crippen LogP contribution in [0.15, 0.2) is 30.3 Å². The lowest BCUT2D eigenvalue weighted by Gasteiger charge is -2.34. The second-order valence-electron chi connectivity index (χ2n) is 11.0. The van der Waals surface area contributed by atoms with Crippen LogP contribution >= 0.6 is 0 Å². The van der Waals surface area contributed by atoms with Gasteiger partial charge in [0.2, 0.25) is 23.6 Å². The van der Waals surface area contributed by atoms with E-state index < -0.39 is 35.5 Å². The van der Waals surface area contributed by atoms with Crippen molar-refractivity contribution in [2.45, 2.75) is 95.0 Å². The highest BCUT2D eigenvalue weighted by atomic mass is 16.6. The highest BCUT2D eigenvalue weighted by molar-refractivity contribution is 5.99. The molecule has 0 saturated carbocycles. The maximum Gasteiger partial charge on any atom is 0.246 e. The molecule has 0 bridgehead atoms. The summed E-state index contributed by atoms with van der Waals surface area (Å²) in [6, 6.07) is 6.97. The first-order valence-corrected chi connectivity index (χ1v) is 13.6. The highest BCUT2D eigenvalue weighted by Crippen LogP contribution is 2.22. The van der Waals surface area contributed by atoms with Crippen molar-refractivity contribution in [3.8, 4) is 0 Å². The van der Waals surface area contributed by atoms with Gasteiger partial charge in [-0.2, -0.15) is 0 Å². The van der Waals surface area contributed by atoms with E-state index >= 15 is 0 Å². The van der Waals surface area contributed by atoms with Crippen molar-refractivity contribution < 1.29 is 28.7 Å². The Bertz CT molecular complexity index is 1050. The number of ether oxygens (including phenoxy) is 1. The maximum absolute atomic E-state index is 13.7. The lowest BCUT2D eigenvalue weighted by Crippen LogP contribution is -2.64. The molecule has 206 valence electrons. The minimum absolute atomic E-state index is 0.103. The Morgan fingerprint density at radius 2 is 1.74 bits per heavy atom. The van der Waals surface area contributed by atoms with Gasteiger partial charge in [-0.05, 0) is 45.1 Å². The molecule has 3 saturated heterocycles. The average Bonchev–Trinajstić information content (AvgIpc) is 3.62. The van der Waals surface area contributed by atoms with Crippen LogP contribution in [0.5, 0.6) is 0 Å². The number of ketones is 1. The van der Waals surface area contributed by atoms with Crippen molar-refractivity contribution in [3.05, 3.63) is 35.9 Å². The number of unbranched alkanes of at least 4 members (excludes halogenated alkanes) is 2. The molecule has 4 amide bonds. The van der Waals surface area contributed by atoms with Gasteiger partial charge in [-0.1, -0.05) is 43.2 Å². The molecule has 10 heteroatoms. The minimum Gasteiger partial charge on any atom is -0.365 e. The van der Waals surface area contributed by atoms with Gasteiger partial charge < -0.3 is 25.6 Å². The van der Waals surface area contributed by atoms with Crippen LogP contribution in [0.3, 0.4) is 0 Å². The summed E-state index contributed by atoms with van der Waals surface area (Å²) < 4.78 is 5.01. The van der Waals surface area contributed by atoms with E-state index in [1.54, 1.807) is 18.7 Å². The van der Waals surface area contributed by atoms with Gasteiger partial charge in [0.1, 0.15) is 29.8 Å². The number of carbonyl (C=O) groups excluding carboxylic acids is 5. The zero-order valence-electron chi connectivity index (χ0n) is 22.2. The molecule has 3 fully saturated rings. The first-order valence-electron chi connectivity index (χ1n) is 13.6. The molecule has 0 aliphatic carbocycles. The number of epoxide rings is 1. The quantitative estimate of drug-likeness (QED) is 0.325. The first kappa shape index (κ1) is 27.8. The summed E-state index contributed by atoms with van der Waals surface area (Å²) in [7, 11) is 0. The van der Waals surface area contributed by atoms with Crippen LogP contribution in [0, 0.1) is 0 Å². The van der Waals surface area contributed by atoms with Gasteiger partial charge in [-0.25, -0.2) is 0 Å². The van der Waals surface area contributed by atoms with Crippen molar-refractivity contribution in [3.63, 3.8) is 0 Å². The third-order valence-corrected chi connectivity index (χ3v) is 7.47. The molecule has 0 radical (unpaired) electrons.